The number of benzene rings is 6. The number of nitrogens with one attached hydrogen (secondary N) is 1. The number of H-pyrrole nitrogens is 1. The van der Waals surface area contributed by atoms with Gasteiger partial charge in [0.05, 0.1) is 22.1 Å². The first-order valence-corrected chi connectivity index (χ1v) is 14.4. The van der Waals surface area contributed by atoms with Gasteiger partial charge in [-0.1, -0.05) is 86.6 Å². The van der Waals surface area contributed by atoms with Crippen LogP contribution in [0.4, 0.5) is 0 Å². The Balaban J connectivity index is 0.00000125. The van der Waals surface area contributed by atoms with Crippen molar-refractivity contribution in [3.8, 4) is 11.4 Å². The van der Waals surface area contributed by atoms with Gasteiger partial charge in [0.25, 0.3) is 0 Å². The molecule has 3 aromatic heterocycles. The maximum Gasteiger partial charge on any atom is 0.0541 e. The lowest BCUT2D eigenvalue weighted by atomic mass is 10.1. The number of para-hydroxylation sites is 4. The lowest BCUT2D eigenvalue weighted by Crippen LogP contribution is -1.94. The van der Waals surface area contributed by atoms with Crippen molar-refractivity contribution >= 4 is 65.4 Å². The minimum atomic E-state index is 1.15. The fourth-order valence-electron chi connectivity index (χ4n) is 6.55. The van der Waals surface area contributed by atoms with E-state index in [1.54, 1.807) is 0 Å². The first-order valence-electron chi connectivity index (χ1n) is 14.4. The van der Waals surface area contributed by atoms with Crippen molar-refractivity contribution in [2.75, 3.05) is 0 Å². The second kappa shape index (κ2) is 9.14. The topological polar surface area (TPSA) is 25.6 Å². The van der Waals surface area contributed by atoms with Crippen LogP contribution in [0.1, 0.15) is 13.8 Å². The van der Waals surface area contributed by atoms with Crippen LogP contribution in [0.15, 0.2) is 133 Å². The maximum atomic E-state index is 3.65. The summed E-state index contributed by atoms with van der Waals surface area (Å²) in [5.74, 6) is 0. The van der Waals surface area contributed by atoms with Crippen molar-refractivity contribution in [3.05, 3.63) is 133 Å². The molecule has 9 rings (SSSR count). The summed E-state index contributed by atoms with van der Waals surface area (Å²) in [6.07, 6.45) is 0. The molecule has 0 saturated heterocycles. The van der Waals surface area contributed by atoms with Crippen molar-refractivity contribution in [3.63, 3.8) is 0 Å². The highest BCUT2D eigenvalue weighted by molar-refractivity contribution is 6.13. The highest BCUT2D eigenvalue weighted by atomic mass is 15.0. The number of aromatic amines is 1. The smallest absolute Gasteiger partial charge is 0.0541 e. The van der Waals surface area contributed by atoms with Gasteiger partial charge in [-0.15, -0.1) is 0 Å². The van der Waals surface area contributed by atoms with Crippen LogP contribution in [0, 0.1) is 0 Å². The molecule has 0 amide bonds. The van der Waals surface area contributed by atoms with E-state index in [4.69, 9.17) is 0 Å². The third kappa shape index (κ3) is 3.39. The predicted molar refractivity (Wildman–Crippen MR) is 176 cm³/mol. The van der Waals surface area contributed by atoms with E-state index < -0.39 is 0 Å². The number of fused-ring (bicyclic) bond motifs is 9. The summed E-state index contributed by atoms with van der Waals surface area (Å²) in [7, 11) is 0. The minimum Gasteiger partial charge on any atom is -0.355 e. The predicted octanol–water partition coefficient (Wildman–Crippen LogP) is 10.5. The van der Waals surface area contributed by atoms with Crippen LogP contribution < -0.4 is 0 Å². The Hall–Kier alpha value is -5.28. The molecule has 0 aliphatic rings. The molecule has 9 aromatic rings. The number of hydrogen-bond donors (Lipinski definition) is 1. The molecule has 0 bridgehead atoms. The van der Waals surface area contributed by atoms with Crippen LogP contribution in [0.2, 0.25) is 0 Å². The van der Waals surface area contributed by atoms with Crippen molar-refractivity contribution in [2.45, 2.75) is 13.8 Å². The van der Waals surface area contributed by atoms with Crippen LogP contribution >= 0.6 is 0 Å². The molecule has 3 nitrogen and oxygen atoms in total. The van der Waals surface area contributed by atoms with Gasteiger partial charge < -0.3 is 14.1 Å². The molecule has 3 heteroatoms. The maximum absolute atomic E-state index is 3.65. The fraction of sp³-hybridized carbons (Fsp3) is 0.0526. The van der Waals surface area contributed by atoms with Crippen molar-refractivity contribution < 1.29 is 0 Å². The van der Waals surface area contributed by atoms with Gasteiger partial charge in [-0.2, -0.15) is 0 Å². The van der Waals surface area contributed by atoms with E-state index in [9.17, 15) is 0 Å². The summed E-state index contributed by atoms with van der Waals surface area (Å²) < 4.78 is 4.78. The number of aromatic nitrogens is 3. The first-order chi connectivity index (χ1) is 20.3. The molecular formula is C38H29N3. The van der Waals surface area contributed by atoms with Crippen LogP contribution in [-0.4, -0.2) is 14.1 Å². The molecule has 3 heterocycles. The molecule has 0 aliphatic carbocycles. The van der Waals surface area contributed by atoms with Crippen LogP contribution in [0.25, 0.3) is 76.8 Å². The molecule has 6 aromatic carbocycles. The van der Waals surface area contributed by atoms with Gasteiger partial charge in [0.1, 0.15) is 0 Å². The average Bonchev–Trinajstić information content (AvgIpc) is 3.69. The Morgan fingerprint density at radius 3 is 1.02 bits per heavy atom. The summed E-state index contributed by atoms with van der Waals surface area (Å²) in [5, 5.41) is 7.57. The molecule has 196 valence electrons. The third-order valence-corrected chi connectivity index (χ3v) is 8.24. The SMILES string of the molecule is CC.c1ccc2c(c1)c1ccccc1n2-c1ccc2[nH]c3ccc(-n4c5ccccc5c5ccccc54)cc3c2c1. The van der Waals surface area contributed by atoms with Crippen molar-refractivity contribution in [1.82, 2.24) is 14.1 Å². The fourth-order valence-corrected chi connectivity index (χ4v) is 6.55. The van der Waals surface area contributed by atoms with E-state index in [0.717, 1.165) is 11.0 Å². The molecule has 1 N–H and O–H groups in total. The summed E-state index contributed by atoms with van der Waals surface area (Å²) >= 11 is 0. The summed E-state index contributed by atoms with van der Waals surface area (Å²) in [6.45, 7) is 4.00. The highest BCUT2D eigenvalue weighted by Gasteiger charge is 2.15. The zero-order chi connectivity index (χ0) is 27.5. The van der Waals surface area contributed by atoms with Crippen LogP contribution in [0.5, 0.6) is 0 Å². The Morgan fingerprint density at radius 1 is 0.366 bits per heavy atom. The molecule has 0 saturated carbocycles. The summed E-state index contributed by atoms with van der Waals surface area (Å²) in [4.78, 5) is 3.65. The van der Waals surface area contributed by atoms with E-state index in [1.165, 1.54) is 65.8 Å². The first kappa shape index (κ1) is 23.6. The Kier molecular flexibility index (Phi) is 5.26. The van der Waals surface area contributed by atoms with Crippen LogP contribution in [0.3, 0.4) is 0 Å². The molecule has 0 aliphatic heterocycles. The van der Waals surface area contributed by atoms with Crippen molar-refractivity contribution in [2.24, 2.45) is 0 Å². The standard InChI is InChI=1S/C36H23N3.C2H6/c1-5-13-33-25(9-1)26-10-2-6-14-34(26)38(33)23-17-19-31-29(21-23)30-22-24(18-20-32(30)37-31)39-35-15-7-3-11-27(35)28-12-4-8-16-36(28)39;1-2/h1-22,37H;1-2H3. The number of nitrogens with zero attached hydrogens (tertiary/aromatic N) is 2. The normalized spacial score (nSPS) is 11.7. The number of hydrogen-bond acceptors (Lipinski definition) is 0. The Morgan fingerprint density at radius 2 is 0.683 bits per heavy atom. The summed E-state index contributed by atoms with van der Waals surface area (Å²) in [5.41, 5.74) is 9.54. The zero-order valence-electron chi connectivity index (χ0n) is 23.1. The minimum absolute atomic E-state index is 1.15. The average molecular weight is 528 g/mol. The third-order valence-electron chi connectivity index (χ3n) is 8.24. The lowest BCUT2D eigenvalue weighted by Gasteiger charge is -2.09. The largest absolute Gasteiger partial charge is 0.355 e. The molecule has 0 atom stereocenters. The second-order valence-corrected chi connectivity index (χ2v) is 10.3. The second-order valence-electron chi connectivity index (χ2n) is 10.3. The zero-order valence-corrected chi connectivity index (χ0v) is 23.1. The summed E-state index contributed by atoms with van der Waals surface area (Å²) in [6, 6.07) is 48.3. The van der Waals surface area contributed by atoms with E-state index >= 15 is 0 Å². The van der Waals surface area contributed by atoms with Gasteiger partial charge in [-0.05, 0) is 60.7 Å². The molecule has 0 fully saturated rings. The van der Waals surface area contributed by atoms with Crippen molar-refractivity contribution in [1.29, 1.82) is 0 Å². The van der Waals surface area contributed by atoms with Gasteiger partial charge in [0.15, 0.2) is 0 Å². The van der Waals surface area contributed by atoms with E-state index in [-0.39, 0.29) is 0 Å². The monoisotopic (exact) mass is 527 g/mol. The molecule has 0 radical (unpaired) electrons. The molecule has 0 unspecified atom stereocenters. The van der Waals surface area contributed by atoms with Crippen LogP contribution in [-0.2, 0) is 0 Å². The Labute approximate surface area is 237 Å². The quantitative estimate of drug-likeness (QED) is 0.231. The van der Waals surface area contributed by atoms with E-state index in [2.05, 4.69) is 148 Å². The molecule has 41 heavy (non-hydrogen) atoms. The Bertz CT molecular complexity index is 2120. The van der Waals surface area contributed by atoms with E-state index in [1.807, 2.05) is 13.8 Å². The van der Waals surface area contributed by atoms with E-state index in [0.29, 0.717) is 0 Å². The van der Waals surface area contributed by atoms with Gasteiger partial charge in [0, 0.05) is 54.7 Å². The number of rotatable bonds is 2. The molecule has 0 spiro atoms. The van der Waals surface area contributed by atoms with Gasteiger partial charge >= 0.3 is 0 Å². The van der Waals surface area contributed by atoms with Gasteiger partial charge in [-0.3, -0.25) is 0 Å². The lowest BCUT2D eigenvalue weighted by molar-refractivity contribution is 1.18. The highest BCUT2D eigenvalue weighted by Crippen LogP contribution is 2.36. The molecular weight excluding hydrogens is 498 g/mol. The van der Waals surface area contributed by atoms with Gasteiger partial charge in [-0.25, -0.2) is 0 Å². The van der Waals surface area contributed by atoms with Gasteiger partial charge in [0.2, 0.25) is 0 Å².